The number of para-hydroxylation sites is 1. The highest BCUT2D eigenvalue weighted by Gasteiger charge is 2.28. The van der Waals surface area contributed by atoms with Gasteiger partial charge in [0.25, 0.3) is 0 Å². The number of hydrogen-bond donors (Lipinski definition) is 2. The first-order valence-electron chi connectivity index (χ1n) is 14.4. The standard InChI is InChI=1S/C30H41ClN7O2P/c1-5-40-27-20-22(10-11-26(27)38-14-12-23(13-15-38)37-18-16-36(2)17-19-37)33-30-32-21-24(31)29(35-30)34-25-8-6-7-9-28(25)41(3,4)39/h6-11,20-21,23H,5,12-19H2,1-4H3,(H2,32,33,34,35). The Labute approximate surface area is 248 Å². The van der Waals surface area contributed by atoms with Crippen LogP contribution in [0.1, 0.15) is 19.8 Å². The number of anilines is 5. The number of likely N-dealkylation sites (N-methyl/N-ethyl adjacent to an activating group) is 1. The van der Waals surface area contributed by atoms with E-state index in [1.807, 2.05) is 43.3 Å². The van der Waals surface area contributed by atoms with E-state index in [1.165, 1.54) is 13.1 Å². The maximum atomic E-state index is 12.8. The van der Waals surface area contributed by atoms with Gasteiger partial charge < -0.3 is 29.7 Å². The van der Waals surface area contributed by atoms with Gasteiger partial charge in [-0.05, 0) is 64.4 Å². The molecule has 0 bridgehead atoms. The van der Waals surface area contributed by atoms with Gasteiger partial charge >= 0.3 is 0 Å². The third kappa shape index (κ3) is 7.33. The largest absolute Gasteiger partial charge is 0.492 e. The second-order valence-electron chi connectivity index (χ2n) is 11.2. The summed E-state index contributed by atoms with van der Waals surface area (Å²) in [6, 6.07) is 14.3. The SMILES string of the molecule is CCOc1cc(Nc2ncc(Cl)c(Nc3ccccc3P(C)(C)=O)n2)ccc1N1CCC(N2CCN(C)CC2)CC1. The van der Waals surface area contributed by atoms with Crippen molar-refractivity contribution in [3.63, 3.8) is 0 Å². The van der Waals surface area contributed by atoms with Gasteiger partial charge in [0.15, 0.2) is 5.82 Å². The third-order valence-electron chi connectivity index (χ3n) is 7.86. The summed E-state index contributed by atoms with van der Waals surface area (Å²) >= 11 is 6.44. The Morgan fingerprint density at radius 2 is 1.76 bits per heavy atom. The number of aromatic nitrogens is 2. The lowest BCUT2D eigenvalue weighted by molar-refractivity contribution is 0.0981. The number of nitrogens with zero attached hydrogens (tertiary/aromatic N) is 5. The van der Waals surface area contributed by atoms with E-state index >= 15 is 0 Å². The van der Waals surface area contributed by atoms with E-state index in [0.29, 0.717) is 35.1 Å². The molecule has 0 unspecified atom stereocenters. The summed E-state index contributed by atoms with van der Waals surface area (Å²) in [6.45, 7) is 12.8. The quantitative estimate of drug-likeness (QED) is 0.311. The molecule has 5 rings (SSSR count). The average Bonchev–Trinajstić information content (AvgIpc) is 2.96. The van der Waals surface area contributed by atoms with Crippen LogP contribution in [0, 0.1) is 0 Å². The van der Waals surface area contributed by atoms with Gasteiger partial charge in [-0.15, -0.1) is 0 Å². The van der Waals surface area contributed by atoms with Crippen LogP contribution < -0.4 is 25.6 Å². The number of ether oxygens (including phenoxy) is 1. The molecule has 2 aromatic carbocycles. The second kappa shape index (κ2) is 13.0. The number of rotatable bonds is 9. The fourth-order valence-electron chi connectivity index (χ4n) is 5.60. The summed E-state index contributed by atoms with van der Waals surface area (Å²) in [7, 11) is -0.294. The Hall–Kier alpha value is -2.84. The lowest BCUT2D eigenvalue weighted by Crippen LogP contribution is -2.52. The molecule has 0 saturated carbocycles. The number of piperidine rings is 1. The molecular formula is C30H41ClN7O2P. The molecule has 1 aromatic heterocycles. The normalized spacial score (nSPS) is 17.4. The van der Waals surface area contributed by atoms with Crippen molar-refractivity contribution in [1.29, 1.82) is 0 Å². The van der Waals surface area contributed by atoms with Gasteiger partial charge in [-0.1, -0.05) is 23.7 Å². The van der Waals surface area contributed by atoms with Crippen molar-refractivity contribution >= 4 is 52.9 Å². The van der Waals surface area contributed by atoms with Gasteiger partial charge in [0.1, 0.15) is 17.9 Å². The van der Waals surface area contributed by atoms with Crippen LogP contribution in [0.4, 0.5) is 28.8 Å². The van der Waals surface area contributed by atoms with Crippen LogP contribution in [-0.2, 0) is 4.57 Å². The minimum Gasteiger partial charge on any atom is -0.492 e. The molecule has 2 saturated heterocycles. The lowest BCUT2D eigenvalue weighted by atomic mass is 10.0. The molecule has 2 fully saturated rings. The van der Waals surface area contributed by atoms with Crippen LogP contribution in [0.5, 0.6) is 5.75 Å². The van der Waals surface area contributed by atoms with Crippen molar-refractivity contribution in [3.05, 3.63) is 53.7 Å². The Morgan fingerprint density at radius 1 is 1.02 bits per heavy atom. The molecule has 0 amide bonds. The molecule has 11 heteroatoms. The minimum atomic E-state index is -2.50. The maximum Gasteiger partial charge on any atom is 0.229 e. The summed E-state index contributed by atoms with van der Waals surface area (Å²) in [5.41, 5.74) is 2.66. The minimum absolute atomic E-state index is 0.373. The predicted molar refractivity (Wildman–Crippen MR) is 171 cm³/mol. The zero-order valence-corrected chi connectivity index (χ0v) is 26.1. The molecule has 0 atom stereocenters. The van der Waals surface area contributed by atoms with Crippen molar-refractivity contribution in [2.45, 2.75) is 25.8 Å². The van der Waals surface area contributed by atoms with Gasteiger partial charge in [0, 0.05) is 62.4 Å². The van der Waals surface area contributed by atoms with E-state index in [1.54, 1.807) is 19.5 Å². The highest BCUT2D eigenvalue weighted by atomic mass is 35.5. The number of halogens is 1. The molecule has 220 valence electrons. The molecule has 0 radical (unpaired) electrons. The third-order valence-corrected chi connectivity index (χ3v) is 9.68. The van der Waals surface area contributed by atoms with E-state index in [2.05, 4.69) is 48.4 Å². The van der Waals surface area contributed by atoms with E-state index in [9.17, 15) is 4.57 Å². The number of benzene rings is 2. The number of piperazine rings is 1. The van der Waals surface area contributed by atoms with E-state index in [-0.39, 0.29) is 0 Å². The Balaban J connectivity index is 1.29. The molecule has 0 aliphatic carbocycles. The molecule has 2 aliphatic rings. The van der Waals surface area contributed by atoms with Crippen molar-refractivity contribution in [2.75, 3.05) is 81.8 Å². The zero-order chi connectivity index (χ0) is 29.0. The molecule has 41 heavy (non-hydrogen) atoms. The molecule has 3 aromatic rings. The smallest absolute Gasteiger partial charge is 0.229 e. The van der Waals surface area contributed by atoms with Crippen molar-refractivity contribution < 1.29 is 9.30 Å². The molecule has 2 N–H and O–H groups in total. The fourth-order valence-corrected chi connectivity index (χ4v) is 6.90. The van der Waals surface area contributed by atoms with Crippen LogP contribution in [0.2, 0.25) is 5.02 Å². The van der Waals surface area contributed by atoms with E-state index in [4.69, 9.17) is 16.3 Å². The first-order valence-corrected chi connectivity index (χ1v) is 17.3. The molecule has 2 aliphatic heterocycles. The van der Waals surface area contributed by atoms with Crippen molar-refractivity contribution in [3.8, 4) is 5.75 Å². The van der Waals surface area contributed by atoms with Gasteiger partial charge in [-0.25, -0.2) is 4.98 Å². The van der Waals surface area contributed by atoms with Crippen LogP contribution in [0.3, 0.4) is 0 Å². The molecule has 0 spiro atoms. The van der Waals surface area contributed by atoms with E-state index < -0.39 is 7.14 Å². The zero-order valence-electron chi connectivity index (χ0n) is 24.4. The van der Waals surface area contributed by atoms with Crippen LogP contribution in [-0.4, -0.2) is 92.1 Å². The van der Waals surface area contributed by atoms with Gasteiger partial charge in [-0.3, -0.25) is 4.90 Å². The Bertz CT molecular complexity index is 1390. The predicted octanol–water partition coefficient (Wildman–Crippen LogP) is 5.48. The van der Waals surface area contributed by atoms with Crippen molar-refractivity contribution in [1.82, 2.24) is 19.8 Å². The van der Waals surface area contributed by atoms with E-state index in [0.717, 1.165) is 61.4 Å². The van der Waals surface area contributed by atoms with Gasteiger partial charge in [0.2, 0.25) is 5.95 Å². The second-order valence-corrected chi connectivity index (χ2v) is 14.8. The van der Waals surface area contributed by atoms with Crippen LogP contribution in [0.25, 0.3) is 0 Å². The maximum absolute atomic E-state index is 12.8. The number of hydrogen-bond acceptors (Lipinski definition) is 9. The molecule has 3 heterocycles. The van der Waals surface area contributed by atoms with Crippen LogP contribution >= 0.6 is 18.7 Å². The van der Waals surface area contributed by atoms with Gasteiger partial charge in [0.05, 0.1) is 24.2 Å². The number of nitrogens with one attached hydrogen (secondary N) is 2. The Morgan fingerprint density at radius 3 is 2.46 bits per heavy atom. The van der Waals surface area contributed by atoms with Crippen molar-refractivity contribution in [2.24, 2.45) is 0 Å². The van der Waals surface area contributed by atoms with Gasteiger partial charge in [-0.2, -0.15) is 4.98 Å². The fraction of sp³-hybridized carbons (Fsp3) is 0.467. The molecule has 9 nitrogen and oxygen atoms in total. The summed E-state index contributed by atoms with van der Waals surface area (Å²) in [5.74, 6) is 1.68. The molecular weight excluding hydrogens is 557 g/mol. The topological polar surface area (TPSA) is 85.9 Å². The first kappa shape index (κ1) is 29.6. The highest BCUT2D eigenvalue weighted by molar-refractivity contribution is 7.70. The summed E-state index contributed by atoms with van der Waals surface area (Å²) in [4.78, 5) is 16.5. The lowest BCUT2D eigenvalue weighted by Gasteiger charge is -2.42. The first-order chi connectivity index (χ1) is 19.7. The van der Waals surface area contributed by atoms with Crippen LogP contribution in [0.15, 0.2) is 48.7 Å². The summed E-state index contributed by atoms with van der Waals surface area (Å²) in [6.07, 6.45) is 3.89. The average molecular weight is 598 g/mol. The Kier molecular flexibility index (Phi) is 9.39. The summed E-state index contributed by atoms with van der Waals surface area (Å²) < 4.78 is 18.9. The summed E-state index contributed by atoms with van der Waals surface area (Å²) in [5, 5.41) is 7.67. The highest BCUT2D eigenvalue weighted by Crippen LogP contribution is 2.39. The monoisotopic (exact) mass is 597 g/mol.